The zero-order valence-electron chi connectivity index (χ0n) is 9.48. The first-order valence-electron chi connectivity index (χ1n) is 5.55. The second kappa shape index (κ2) is 3.95. The van der Waals surface area contributed by atoms with Crippen molar-refractivity contribution in [2.75, 3.05) is 20.6 Å². The standard InChI is InChI=1S/C13H19NO/c1-14(2)10-13(15,12-8-9-12)11-6-4-3-5-7-11/h3-7,12,15H,8-10H2,1-2H3. The first-order valence-corrected chi connectivity index (χ1v) is 5.55. The van der Waals surface area contributed by atoms with Crippen molar-refractivity contribution in [2.45, 2.75) is 18.4 Å². The predicted octanol–water partition coefficient (Wildman–Crippen LogP) is 1.85. The van der Waals surface area contributed by atoms with Gasteiger partial charge in [-0.1, -0.05) is 30.3 Å². The number of likely N-dealkylation sites (N-methyl/N-ethyl adjacent to an activating group) is 1. The molecule has 1 aliphatic rings. The van der Waals surface area contributed by atoms with E-state index in [2.05, 4.69) is 4.90 Å². The number of nitrogens with zero attached hydrogens (tertiary/aromatic N) is 1. The lowest BCUT2D eigenvalue weighted by Gasteiger charge is -2.31. The molecule has 2 rings (SSSR count). The van der Waals surface area contributed by atoms with Gasteiger partial charge in [-0.15, -0.1) is 0 Å². The molecule has 15 heavy (non-hydrogen) atoms. The molecular formula is C13H19NO. The molecule has 0 amide bonds. The van der Waals surface area contributed by atoms with E-state index in [4.69, 9.17) is 0 Å². The number of hydrogen-bond donors (Lipinski definition) is 1. The lowest BCUT2D eigenvalue weighted by Crippen LogP contribution is -2.39. The fourth-order valence-corrected chi connectivity index (χ4v) is 2.23. The zero-order chi connectivity index (χ0) is 10.9. The smallest absolute Gasteiger partial charge is 0.105 e. The van der Waals surface area contributed by atoms with Gasteiger partial charge in [0, 0.05) is 6.54 Å². The molecule has 0 aliphatic heterocycles. The summed E-state index contributed by atoms with van der Waals surface area (Å²) in [5.41, 5.74) is 0.409. The predicted molar refractivity (Wildman–Crippen MR) is 61.6 cm³/mol. The zero-order valence-corrected chi connectivity index (χ0v) is 9.48. The van der Waals surface area contributed by atoms with Gasteiger partial charge in [0.2, 0.25) is 0 Å². The van der Waals surface area contributed by atoms with Gasteiger partial charge in [-0.05, 0) is 38.4 Å². The molecule has 0 bridgehead atoms. The molecule has 1 fully saturated rings. The average Bonchev–Trinajstić information content (AvgIpc) is 3.01. The third-order valence-corrected chi connectivity index (χ3v) is 3.08. The third kappa shape index (κ3) is 2.21. The van der Waals surface area contributed by atoms with Crippen molar-refractivity contribution in [3.05, 3.63) is 35.9 Å². The first kappa shape index (κ1) is 10.7. The average molecular weight is 205 g/mol. The maximum Gasteiger partial charge on any atom is 0.105 e. The monoisotopic (exact) mass is 205 g/mol. The van der Waals surface area contributed by atoms with Gasteiger partial charge >= 0.3 is 0 Å². The lowest BCUT2D eigenvalue weighted by molar-refractivity contribution is -0.00995. The molecule has 1 N–H and O–H groups in total. The van der Waals surface area contributed by atoms with Crippen LogP contribution in [0.1, 0.15) is 18.4 Å². The molecule has 2 nitrogen and oxygen atoms in total. The highest BCUT2D eigenvalue weighted by atomic mass is 16.3. The molecule has 1 aliphatic carbocycles. The number of rotatable bonds is 4. The van der Waals surface area contributed by atoms with Crippen molar-refractivity contribution in [3.63, 3.8) is 0 Å². The van der Waals surface area contributed by atoms with Crippen LogP contribution in [-0.4, -0.2) is 30.6 Å². The Hall–Kier alpha value is -0.860. The largest absolute Gasteiger partial charge is 0.384 e. The quantitative estimate of drug-likeness (QED) is 0.811. The molecule has 1 aromatic rings. The molecule has 82 valence electrons. The lowest BCUT2D eigenvalue weighted by atomic mass is 9.88. The molecule has 1 aromatic carbocycles. The van der Waals surface area contributed by atoms with Gasteiger partial charge in [0.1, 0.15) is 5.60 Å². The molecule has 1 unspecified atom stereocenters. The Labute approximate surface area is 91.5 Å². The minimum atomic E-state index is -0.648. The van der Waals surface area contributed by atoms with Crippen LogP contribution in [0.3, 0.4) is 0 Å². The van der Waals surface area contributed by atoms with Gasteiger partial charge in [-0.25, -0.2) is 0 Å². The maximum atomic E-state index is 10.8. The summed E-state index contributed by atoms with van der Waals surface area (Å²) in [5, 5.41) is 10.8. The van der Waals surface area contributed by atoms with Crippen molar-refractivity contribution >= 4 is 0 Å². The summed E-state index contributed by atoms with van der Waals surface area (Å²) in [6, 6.07) is 10.0. The van der Waals surface area contributed by atoms with E-state index in [1.54, 1.807) is 0 Å². The molecule has 1 saturated carbocycles. The summed E-state index contributed by atoms with van der Waals surface area (Å²) < 4.78 is 0. The second-order valence-electron chi connectivity index (χ2n) is 4.80. The normalized spacial score (nSPS) is 20.3. The fourth-order valence-electron chi connectivity index (χ4n) is 2.23. The topological polar surface area (TPSA) is 23.5 Å². The van der Waals surface area contributed by atoms with Gasteiger partial charge in [0.25, 0.3) is 0 Å². The van der Waals surface area contributed by atoms with E-state index < -0.39 is 5.60 Å². The minimum absolute atomic E-state index is 0.447. The Balaban J connectivity index is 2.26. The van der Waals surface area contributed by atoms with Crippen LogP contribution >= 0.6 is 0 Å². The highest BCUT2D eigenvalue weighted by Gasteiger charge is 2.45. The third-order valence-electron chi connectivity index (χ3n) is 3.08. The van der Waals surface area contributed by atoms with E-state index in [1.165, 1.54) is 0 Å². The summed E-state index contributed by atoms with van der Waals surface area (Å²) in [4.78, 5) is 2.06. The summed E-state index contributed by atoms with van der Waals surface area (Å²) in [6.45, 7) is 0.710. The molecular weight excluding hydrogens is 186 g/mol. The van der Waals surface area contributed by atoms with E-state index in [1.807, 2.05) is 44.4 Å². The van der Waals surface area contributed by atoms with Crippen LogP contribution < -0.4 is 0 Å². The van der Waals surface area contributed by atoms with E-state index in [-0.39, 0.29) is 0 Å². The SMILES string of the molecule is CN(C)CC(O)(c1ccccc1)C1CC1. The van der Waals surface area contributed by atoms with Gasteiger partial charge in [0.05, 0.1) is 0 Å². The maximum absolute atomic E-state index is 10.8. The summed E-state index contributed by atoms with van der Waals surface area (Å²) in [6.07, 6.45) is 2.30. The van der Waals surface area contributed by atoms with E-state index in [9.17, 15) is 5.11 Å². The summed E-state index contributed by atoms with van der Waals surface area (Å²) in [7, 11) is 4.02. The van der Waals surface area contributed by atoms with Crippen molar-refractivity contribution < 1.29 is 5.11 Å². The van der Waals surface area contributed by atoms with E-state index >= 15 is 0 Å². The Kier molecular flexibility index (Phi) is 2.81. The fraction of sp³-hybridized carbons (Fsp3) is 0.538. The van der Waals surface area contributed by atoms with Crippen LogP contribution in [0.25, 0.3) is 0 Å². The van der Waals surface area contributed by atoms with Crippen molar-refractivity contribution in [2.24, 2.45) is 5.92 Å². The van der Waals surface area contributed by atoms with Crippen LogP contribution in [0.15, 0.2) is 30.3 Å². The first-order chi connectivity index (χ1) is 7.13. The summed E-state index contributed by atoms with van der Waals surface area (Å²) in [5.74, 6) is 0.447. The number of hydrogen-bond acceptors (Lipinski definition) is 2. The van der Waals surface area contributed by atoms with Gasteiger partial charge in [0.15, 0.2) is 0 Å². The number of aliphatic hydroxyl groups is 1. The molecule has 0 heterocycles. The Bertz CT molecular complexity index is 319. The van der Waals surface area contributed by atoms with Crippen LogP contribution in [0, 0.1) is 5.92 Å². The van der Waals surface area contributed by atoms with Gasteiger partial charge < -0.3 is 10.0 Å². The molecule has 0 spiro atoms. The molecule has 0 radical (unpaired) electrons. The van der Waals surface area contributed by atoms with Crippen LogP contribution in [0.4, 0.5) is 0 Å². The molecule has 0 saturated heterocycles. The Morgan fingerprint density at radius 1 is 1.27 bits per heavy atom. The van der Waals surface area contributed by atoms with E-state index in [0.29, 0.717) is 12.5 Å². The Morgan fingerprint density at radius 2 is 1.87 bits per heavy atom. The summed E-state index contributed by atoms with van der Waals surface area (Å²) >= 11 is 0. The number of benzene rings is 1. The molecule has 0 aromatic heterocycles. The van der Waals surface area contributed by atoms with Crippen molar-refractivity contribution in [1.82, 2.24) is 4.90 Å². The van der Waals surface area contributed by atoms with Crippen molar-refractivity contribution in [1.29, 1.82) is 0 Å². The van der Waals surface area contributed by atoms with Gasteiger partial charge in [-0.2, -0.15) is 0 Å². The highest BCUT2D eigenvalue weighted by molar-refractivity contribution is 5.25. The van der Waals surface area contributed by atoms with Crippen LogP contribution in [0.5, 0.6) is 0 Å². The van der Waals surface area contributed by atoms with Crippen LogP contribution in [-0.2, 0) is 5.60 Å². The highest BCUT2D eigenvalue weighted by Crippen LogP contribution is 2.45. The minimum Gasteiger partial charge on any atom is -0.384 e. The second-order valence-corrected chi connectivity index (χ2v) is 4.80. The van der Waals surface area contributed by atoms with E-state index in [0.717, 1.165) is 18.4 Å². The van der Waals surface area contributed by atoms with Gasteiger partial charge in [-0.3, -0.25) is 0 Å². The molecule has 2 heteroatoms. The van der Waals surface area contributed by atoms with Crippen molar-refractivity contribution in [3.8, 4) is 0 Å². The van der Waals surface area contributed by atoms with Crippen LogP contribution in [0.2, 0.25) is 0 Å². The Morgan fingerprint density at radius 3 is 2.33 bits per heavy atom. The molecule has 1 atom stereocenters.